The van der Waals surface area contributed by atoms with Crippen LogP contribution < -0.4 is 12.3 Å². The Hall–Kier alpha value is -1.64. The third-order valence-corrected chi connectivity index (χ3v) is 11.5. The third-order valence-electron chi connectivity index (χ3n) is 6.39. The number of fused-ring (bicyclic) bond motifs is 1. The summed E-state index contributed by atoms with van der Waals surface area (Å²) in [6.45, 7) is 13.2. The van der Waals surface area contributed by atoms with E-state index in [9.17, 15) is 4.39 Å². The van der Waals surface area contributed by atoms with E-state index < -0.39 is 20.5 Å². The predicted octanol–water partition coefficient (Wildman–Crippen LogP) is 6.38. The van der Waals surface area contributed by atoms with E-state index in [0.717, 1.165) is 42.7 Å². The molecule has 2 aliphatic rings. The second-order valence-corrected chi connectivity index (χ2v) is 14.3. The average molecular weight is 544 g/mol. The van der Waals surface area contributed by atoms with Gasteiger partial charge in [-0.05, 0) is 26.3 Å². The molecule has 0 aromatic heterocycles. The van der Waals surface area contributed by atoms with Crippen LogP contribution in [0, 0.1) is 17.7 Å². The monoisotopic (exact) mass is 543 g/mol. The zero-order chi connectivity index (χ0) is 23.3. The van der Waals surface area contributed by atoms with Gasteiger partial charge in [0.1, 0.15) is 0 Å². The summed E-state index contributed by atoms with van der Waals surface area (Å²) in [6.07, 6.45) is 12.9. The van der Waals surface area contributed by atoms with Crippen molar-refractivity contribution in [2.24, 2.45) is 16.8 Å². The van der Waals surface area contributed by atoms with Gasteiger partial charge in [-0.2, -0.15) is 0 Å². The van der Waals surface area contributed by atoms with Gasteiger partial charge in [0.25, 0.3) is 0 Å². The van der Waals surface area contributed by atoms with Crippen LogP contribution in [-0.2, 0) is 6.54 Å². The van der Waals surface area contributed by atoms with Crippen molar-refractivity contribution >= 4 is 35.4 Å². The van der Waals surface area contributed by atoms with Gasteiger partial charge in [-0.25, -0.2) is 0 Å². The van der Waals surface area contributed by atoms with E-state index in [-0.39, 0.29) is 5.82 Å². The Kier molecular flexibility index (Phi) is 8.96. The SMILES string of the molecule is C=C(/C=C(\C)C1CCC(C(=C\CC)/N=C(C)/C=C\C)C1)Nc1cc[c]2c(c1F)C[NH][Sb]2[CH3]. The van der Waals surface area contributed by atoms with Crippen molar-refractivity contribution in [1.29, 1.82) is 0 Å². The van der Waals surface area contributed by atoms with Gasteiger partial charge in [0.05, 0.1) is 0 Å². The fraction of sp³-hybridized carbons (Fsp3) is 0.444. The van der Waals surface area contributed by atoms with E-state index in [0.29, 0.717) is 24.1 Å². The maximum atomic E-state index is 15.0. The second kappa shape index (κ2) is 11.5. The van der Waals surface area contributed by atoms with E-state index in [2.05, 4.69) is 65.3 Å². The Bertz CT molecular complexity index is 973. The molecule has 0 amide bonds. The summed E-state index contributed by atoms with van der Waals surface area (Å²) < 4.78 is 19.7. The van der Waals surface area contributed by atoms with Crippen molar-refractivity contribution in [3.63, 3.8) is 0 Å². The van der Waals surface area contributed by atoms with Crippen LogP contribution >= 0.6 is 0 Å². The van der Waals surface area contributed by atoms with Crippen molar-refractivity contribution in [2.45, 2.75) is 64.8 Å². The van der Waals surface area contributed by atoms with Gasteiger partial charge in [-0.3, -0.25) is 4.99 Å². The molecule has 1 heterocycles. The summed E-state index contributed by atoms with van der Waals surface area (Å²) in [5, 5.41) is 3.21. The minimum absolute atomic E-state index is 0.124. The molecule has 5 heteroatoms. The first-order valence-corrected chi connectivity index (χ1v) is 16.7. The Morgan fingerprint density at radius 3 is 2.78 bits per heavy atom. The van der Waals surface area contributed by atoms with E-state index in [4.69, 9.17) is 4.99 Å². The van der Waals surface area contributed by atoms with E-state index in [1.807, 2.05) is 19.1 Å². The first-order valence-electron chi connectivity index (χ1n) is 11.6. The number of allylic oxidation sites excluding steroid dienone is 6. The molecule has 1 aliphatic heterocycles. The molecule has 0 bridgehead atoms. The Morgan fingerprint density at radius 2 is 2.06 bits per heavy atom. The van der Waals surface area contributed by atoms with Crippen LogP contribution in [-0.4, -0.2) is 26.2 Å². The fourth-order valence-corrected chi connectivity index (χ4v) is 8.86. The van der Waals surface area contributed by atoms with E-state index in [1.165, 1.54) is 14.8 Å². The molecular weight excluding hydrogens is 507 g/mol. The molecule has 3 rings (SSSR count). The second-order valence-electron chi connectivity index (χ2n) is 8.85. The van der Waals surface area contributed by atoms with Crippen LogP contribution in [0.25, 0.3) is 0 Å². The van der Waals surface area contributed by atoms with Crippen molar-refractivity contribution in [3.05, 3.63) is 71.4 Å². The molecule has 0 spiro atoms. The average Bonchev–Trinajstić information content (AvgIpc) is 3.38. The topological polar surface area (TPSA) is 36.4 Å². The molecular formula is C27H37FN3Sb. The number of hydrogen-bond donors (Lipinski definition) is 2. The van der Waals surface area contributed by atoms with Gasteiger partial charge in [-0.1, -0.05) is 19.1 Å². The molecule has 1 aromatic carbocycles. The molecule has 172 valence electrons. The number of benzene rings is 1. The zero-order valence-corrected chi connectivity index (χ0v) is 22.7. The third kappa shape index (κ3) is 6.02. The standard InChI is InChI=1S/C26H34FN3.CH3.Sb/c1-6-9-19(4)29-24(10-7-2)22-14-13-21(16-22)18(3)15-20(5)30-25-12-8-11-23(17-28)26(25)27;;/h6,8-10,12,15,21-22,28,30H,5,7,13-14,16-17H2,1-4H3;1H3;/q-1;;+1/b9-6-,18-15+,24-10+,29-19+;;. The summed E-state index contributed by atoms with van der Waals surface area (Å²) in [4.78, 5) is 7.14. The first-order chi connectivity index (χ1) is 15.3. The van der Waals surface area contributed by atoms with Gasteiger partial charge < -0.3 is 0 Å². The Labute approximate surface area is 201 Å². The van der Waals surface area contributed by atoms with Crippen LogP contribution in [0.4, 0.5) is 10.1 Å². The normalized spacial score (nSPS) is 22.6. The van der Waals surface area contributed by atoms with E-state index in [1.54, 1.807) is 0 Å². The molecule has 1 aliphatic carbocycles. The number of rotatable bonds is 8. The predicted molar refractivity (Wildman–Crippen MR) is 138 cm³/mol. The van der Waals surface area contributed by atoms with Crippen LogP contribution in [0.1, 0.15) is 58.9 Å². The van der Waals surface area contributed by atoms with Crippen LogP contribution in [0.15, 0.2) is 65.0 Å². The molecule has 2 unspecified atom stereocenters. The maximum absolute atomic E-state index is 15.0. The van der Waals surface area contributed by atoms with Gasteiger partial charge in [0, 0.05) is 5.71 Å². The number of hydrogen-bond acceptors (Lipinski definition) is 3. The molecule has 3 nitrogen and oxygen atoms in total. The number of halogens is 1. The van der Waals surface area contributed by atoms with Crippen LogP contribution in [0.3, 0.4) is 0 Å². The molecule has 2 atom stereocenters. The molecule has 0 radical (unpaired) electrons. The summed E-state index contributed by atoms with van der Waals surface area (Å²) >= 11 is -1.61. The van der Waals surface area contributed by atoms with Crippen molar-refractivity contribution in [1.82, 2.24) is 3.48 Å². The molecule has 2 N–H and O–H groups in total. The quantitative estimate of drug-likeness (QED) is 0.227. The number of anilines is 1. The minimum atomic E-state index is -1.61. The summed E-state index contributed by atoms with van der Waals surface area (Å²) in [5.74, 6) is 0.887. The fourth-order valence-electron chi connectivity index (χ4n) is 4.73. The summed E-state index contributed by atoms with van der Waals surface area (Å²) in [7, 11) is 0. The van der Waals surface area contributed by atoms with Crippen molar-refractivity contribution in [2.75, 3.05) is 5.32 Å². The Balaban J connectivity index is 1.66. The van der Waals surface area contributed by atoms with E-state index >= 15 is 0 Å². The van der Waals surface area contributed by atoms with Gasteiger partial charge in [0.2, 0.25) is 0 Å². The number of nitrogens with zero attached hydrogens (tertiary/aromatic N) is 1. The summed E-state index contributed by atoms with van der Waals surface area (Å²) in [5.41, 5.74) is 5.71. The van der Waals surface area contributed by atoms with Gasteiger partial charge >= 0.3 is 145 Å². The number of nitrogens with one attached hydrogen (secondary N) is 2. The molecule has 1 aromatic rings. The van der Waals surface area contributed by atoms with Crippen molar-refractivity contribution < 1.29 is 4.39 Å². The molecule has 1 saturated carbocycles. The molecule has 32 heavy (non-hydrogen) atoms. The number of aliphatic imine (C=N–C) groups is 1. The van der Waals surface area contributed by atoms with Crippen LogP contribution in [0.5, 0.6) is 0 Å². The van der Waals surface area contributed by atoms with Crippen LogP contribution in [0.2, 0.25) is 4.87 Å². The summed E-state index contributed by atoms with van der Waals surface area (Å²) in [6, 6.07) is 3.96. The molecule has 0 saturated heterocycles. The first kappa shape index (κ1) is 25.0. The van der Waals surface area contributed by atoms with Crippen molar-refractivity contribution in [3.8, 4) is 0 Å². The van der Waals surface area contributed by atoms with Gasteiger partial charge in [-0.15, -0.1) is 0 Å². The molecule has 1 fully saturated rings. The van der Waals surface area contributed by atoms with Gasteiger partial charge in [0.15, 0.2) is 0 Å². The zero-order valence-electron chi connectivity index (χ0n) is 20.1. The Morgan fingerprint density at radius 1 is 1.31 bits per heavy atom.